The van der Waals surface area contributed by atoms with Crippen molar-refractivity contribution in [3.63, 3.8) is 0 Å². The Hall–Kier alpha value is -2.70. The summed E-state index contributed by atoms with van der Waals surface area (Å²) in [6, 6.07) is 10.9. The molecule has 0 saturated heterocycles. The van der Waals surface area contributed by atoms with E-state index in [2.05, 4.69) is 20.6 Å². The van der Waals surface area contributed by atoms with E-state index < -0.39 is 0 Å². The highest BCUT2D eigenvalue weighted by Crippen LogP contribution is 2.33. The first kappa shape index (κ1) is 19.6. The zero-order valence-electron chi connectivity index (χ0n) is 15.5. The third-order valence-corrected chi connectivity index (χ3v) is 5.00. The Balaban J connectivity index is 1.76. The molecule has 0 aliphatic heterocycles. The maximum atomic E-state index is 13.2. The molecule has 5 nitrogen and oxygen atoms in total. The molecule has 29 heavy (non-hydrogen) atoms. The van der Waals surface area contributed by atoms with Crippen molar-refractivity contribution < 1.29 is 9.18 Å². The third kappa shape index (κ3) is 4.49. The lowest BCUT2D eigenvalue weighted by molar-refractivity contribution is 0.0953. The topological polar surface area (TPSA) is 66.9 Å². The van der Waals surface area contributed by atoms with E-state index in [1.165, 1.54) is 12.1 Å². The summed E-state index contributed by atoms with van der Waals surface area (Å²) in [7, 11) is 0. The summed E-state index contributed by atoms with van der Waals surface area (Å²) < 4.78 is 13.2. The number of fused-ring (bicyclic) bond motifs is 1. The Kier molecular flexibility index (Phi) is 5.39. The molecule has 8 heteroatoms. The molecule has 148 valence electrons. The van der Waals surface area contributed by atoms with Crippen molar-refractivity contribution in [2.24, 2.45) is 5.92 Å². The van der Waals surface area contributed by atoms with Crippen LogP contribution in [0, 0.1) is 11.7 Å². The average molecular weight is 431 g/mol. The van der Waals surface area contributed by atoms with Crippen LogP contribution < -0.4 is 10.6 Å². The summed E-state index contributed by atoms with van der Waals surface area (Å²) >= 11 is 12.2. The molecular formula is C21H17Cl2FN4O. The highest BCUT2D eigenvalue weighted by molar-refractivity contribution is 6.35. The molecule has 2 N–H and O–H groups in total. The second-order valence-corrected chi connectivity index (χ2v) is 7.94. The van der Waals surface area contributed by atoms with Gasteiger partial charge in [-0.15, -0.1) is 0 Å². The minimum absolute atomic E-state index is 0.0114. The average Bonchev–Trinajstić information content (AvgIpc) is 2.62. The van der Waals surface area contributed by atoms with Crippen LogP contribution in [0.2, 0.25) is 10.0 Å². The van der Waals surface area contributed by atoms with Gasteiger partial charge in [0.25, 0.3) is 0 Å². The predicted octanol–water partition coefficient (Wildman–Crippen LogP) is 6.17. The number of hydrogen-bond acceptors (Lipinski definition) is 5. The first-order chi connectivity index (χ1) is 13.9. The van der Waals surface area contributed by atoms with Crippen LogP contribution in [0.4, 0.5) is 27.5 Å². The van der Waals surface area contributed by atoms with Crippen molar-refractivity contribution in [3.8, 4) is 0 Å². The Morgan fingerprint density at radius 3 is 2.34 bits per heavy atom. The molecule has 1 heterocycles. The molecule has 1 unspecified atom stereocenters. The summed E-state index contributed by atoms with van der Waals surface area (Å²) in [5.74, 6) is 0.545. The third-order valence-electron chi connectivity index (χ3n) is 4.56. The first-order valence-corrected chi connectivity index (χ1v) is 9.83. The number of Topliss-reactive ketones (excluding diaryl/α,β-unsaturated/α-hetero) is 1. The van der Waals surface area contributed by atoms with E-state index in [1.54, 1.807) is 30.3 Å². The molecule has 1 aliphatic rings. The van der Waals surface area contributed by atoms with Gasteiger partial charge in [0, 0.05) is 27.8 Å². The first-order valence-electron chi connectivity index (χ1n) is 9.07. The number of rotatable bonds is 4. The molecule has 1 aromatic heterocycles. The van der Waals surface area contributed by atoms with Gasteiger partial charge in [0.1, 0.15) is 11.6 Å². The monoisotopic (exact) mass is 430 g/mol. The lowest BCUT2D eigenvalue weighted by atomic mass is 9.87. The van der Waals surface area contributed by atoms with Gasteiger partial charge in [-0.05, 0) is 54.8 Å². The maximum absolute atomic E-state index is 13.2. The van der Waals surface area contributed by atoms with Crippen molar-refractivity contribution in [1.29, 1.82) is 0 Å². The number of aromatic nitrogens is 2. The maximum Gasteiger partial charge on any atom is 0.229 e. The predicted molar refractivity (Wildman–Crippen MR) is 113 cm³/mol. The Bertz CT molecular complexity index is 1070. The molecule has 4 rings (SSSR count). The van der Waals surface area contributed by atoms with Gasteiger partial charge in [0.05, 0.1) is 11.3 Å². The molecule has 0 radical (unpaired) electrons. The molecule has 1 atom stereocenters. The SMILES string of the molecule is CC1CC(=O)c2c(nc(Nc3ccc(F)cc3)nc2Nc2cc(Cl)cc(Cl)c2)C1. The summed E-state index contributed by atoms with van der Waals surface area (Å²) in [5.41, 5.74) is 2.40. The van der Waals surface area contributed by atoms with Gasteiger partial charge in [-0.3, -0.25) is 4.79 Å². The van der Waals surface area contributed by atoms with E-state index in [9.17, 15) is 9.18 Å². The number of hydrogen-bond donors (Lipinski definition) is 2. The zero-order valence-corrected chi connectivity index (χ0v) is 17.0. The fourth-order valence-corrected chi connectivity index (χ4v) is 3.87. The second-order valence-electron chi connectivity index (χ2n) is 7.07. The van der Waals surface area contributed by atoms with Gasteiger partial charge in [-0.1, -0.05) is 30.1 Å². The molecule has 0 spiro atoms. The van der Waals surface area contributed by atoms with Crippen LogP contribution in [-0.4, -0.2) is 15.8 Å². The van der Waals surface area contributed by atoms with Gasteiger partial charge in [-0.2, -0.15) is 4.98 Å². The van der Waals surface area contributed by atoms with Gasteiger partial charge in [-0.25, -0.2) is 9.37 Å². The van der Waals surface area contributed by atoms with E-state index >= 15 is 0 Å². The second kappa shape index (κ2) is 7.97. The van der Waals surface area contributed by atoms with Crippen LogP contribution in [0.15, 0.2) is 42.5 Å². The molecule has 2 aromatic carbocycles. The van der Waals surface area contributed by atoms with Crippen LogP contribution in [-0.2, 0) is 6.42 Å². The van der Waals surface area contributed by atoms with E-state index in [0.29, 0.717) is 57.3 Å². The van der Waals surface area contributed by atoms with Crippen LogP contribution in [0.5, 0.6) is 0 Å². The zero-order chi connectivity index (χ0) is 20.5. The van der Waals surface area contributed by atoms with E-state index in [-0.39, 0.29) is 17.5 Å². The Labute approximate surface area is 177 Å². The number of nitrogens with zero attached hydrogens (tertiary/aromatic N) is 2. The fraction of sp³-hybridized carbons (Fsp3) is 0.190. The molecule has 0 fully saturated rings. The molecule has 0 bridgehead atoms. The van der Waals surface area contributed by atoms with Gasteiger partial charge >= 0.3 is 0 Å². The summed E-state index contributed by atoms with van der Waals surface area (Å²) in [6.07, 6.45) is 1.10. The van der Waals surface area contributed by atoms with E-state index in [1.807, 2.05) is 6.92 Å². The Morgan fingerprint density at radius 1 is 0.966 bits per heavy atom. The lowest BCUT2D eigenvalue weighted by Gasteiger charge is -2.23. The van der Waals surface area contributed by atoms with Crippen molar-refractivity contribution in [1.82, 2.24) is 9.97 Å². The highest BCUT2D eigenvalue weighted by atomic mass is 35.5. The quantitative estimate of drug-likeness (QED) is 0.517. The summed E-state index contributed by atoms with van der Waals surface area (Å²) in [6.45, 7) is 2.01. The normalized spacial score (nSPS) is 15.7. The molecule has 0 amide bonds. The van der Waals surface area contributed by atoms with Gasteiger partial charge in [0.15, 0.2) is 5.78 Å². The van der Waals surface area contributed by atoms with Gasteiger partial charge < -0.3 is 10.6 Å². The molecular weight excluding hydrogens is 414 g/mol. The number of carbonyl (C=O) groups is 1. The standard InChI is InChI=1S/C21H17Cl2FN4O/c1-11-6-17-19(18(29)7-11)20(25-16-9-12(22)8-13(23)10-16)28-21(27-17)26-15-4-2-14(24)3-5-15/h2-5,8-11H,6-7H2,1H3,(H2,25,26,27,28). The van der Waals surface area contributed by atoms with E-state index in [0.717, 1.165) is 0 Å². The summed E-state index contributed by atoms with van der Waals surface area (Å²) in [5, 5.41) is 7.15. The largest absolute Gasteiger partial charge is 0.339 e. The number of anilines is 4. The summed E-state index contributed by atoms with van der Waals surface area (Å²) in [4.78, 5) is 21.8. The lowest BCUT2D eigenvalue weighted by Crippen LogP contribution is -2.22. The number of halogens is 3. The molecule has 1 aliphatic carbocycles. The van der Waals surface area contributed by atoms with Crippen LogP contribution in [0.25, 0.3) is 0 Å². The number of ketones is 1. The van der Waals surface area contributed by atoms with Gasteiger partial charge in [0.2, 0.25) is 5.95 Å². The highest BCUT2D eigenvalue weighted by Gasteiger charge is 2.28. The number of nitrogens with one attached hydrogen (secondary N) is 2. The number of benzene rings is 2. The van der Waals surface area contributed by atoms with Crippen LogP contribution in [0.3, 0.4) is 0 Å². The minimum Gasteiger partial charge on any atom is -0.339 e. The van der Waals surface area contributed by atoms with Crippen molar-refractivity contribution >= 4 is 52.1 Å². The van der Waals surface area contributed by atoms with E-state index in [4.69, 9.17) is 23.2 Å². The Morgan fingerprint density at radius 2 is 1.66 bits per heavy atom. The smallest absolute Gasteiger partial charge is 0.229 e. The molecule has 0 saturated carbocycles. The molecule has 3 aromatic rings. The van der Waals surface area contributed by atoms with Crippen molar-refractivity contribution in [3.05, 3.63) is 69.6 Å². The fourth-order valence-electron chi connectivity index (χ4n) is 3.34. The van der Waals surface area contributed by atoms with Crippen LogP contribution in [0.1, 0.15) is 29.4 Å². The van der Waals surface area contributed by atoms with Crippen LogP contribution >= 0.6 is 23.2 Å². The van der Waals surface area contributed by atoms with Crippen molar-refractivity contribution in [2.45, 2.75) is 19.8 Å². The van der Waals surface area contributed by atoms with Crippen molar-refractivity contribution in [2.75, 3.05) is 10.6 Å². The number of carbonyl (C=O) groups excluding carboxylic acids is 1. The minimum atomic E-state index is -0.332.